The van der Waals surface area contributed by atoms with Crippen LogP contribution in [0.4, 0.5) is 0 Å². The molecule has 2 unspecified atom stereocenters. The smallest absolute Gasteiger partial charge is 0.306 e. The van der Waals surface area contributed by atoms with E-state index in [9.17, 15) is 19.5 Å². The first kappa shape index (κ1) is 79.4. The first-order chi connectivity index (χ1) is 41.6. The topological polar surface area (TPSA) is 111 Å². The van der Waals surface area contributed by atoms with Gasteiger partial charge in [-0.15, -0.1) is 0 Å². The van der Waals surface area contributed by atoms with Crippen molar-refractivity contribution in [3.05, 3.63) is 182 Å². The lowest BCUT2D eigenvalue weighted by molar-refractivity contribution is -0.870. The Hall–Kier alpha value is -5.61. The van der Waals surface area contributed by atoms with Gasteiger partial charge in [-0.3, -0.25) is 9.59 Å². The first-order valence-corrected chi connectivity index (χ1v) is 32.9. The van der Waals surface area contributed by atoms with E-state index in [1.54, 1.807) is 0 Å². The summed E-state index contributed by atoms with van der Waals surface area (Å²) in [6, 6.07) is 0. The molecule has 85 heavy (non-hydrogen) atoms. The predicted octanol–water partition coefficient (Wildman–Crippen LogP) is 19.1. The molecule has 0 radical (unpaired) electrons. The van der Waals surface area contributed by atoms with E-state index in [0.29, 0.717) is 17.4 Å². The largest absolute Gasteiger partial charge is 0.545 e. The molecule has 0 aliphatic heterocycles. The van der Waals surface area contributed by atoms with Crippen LogP contribution in [0.2, 0.25) is 0 Å². The van der Waals surface area contributed by atoms with Gasteiger partial charge in [0.2, 0.25) is 0 Å². The summed E-state index contributed by atoms with van der Waals surface area (Å²) in [5.74, 6) is -2.36. The maximum absolute atomic E-state index is 12.9. The quantitative estimate of drug-likeness (QED) is 0.0195. The Labute approximate surface area is 519 Å². The number of hydrogen-bond donors (Lipinski definition) is 0. The van der Waals surface area contributed by atoms with E-state index in [2.05, 4.69) is 196 Å². The molecule has 0 aromatic rings. The van der Waals surface area contributed by atoms with E-state index in [1.807, 2.05) is 21.1 Å². The first-order valence-electron chi connectivity index (χ1n) is 32.9. The molecule has 0 rings (SSSR count). The van der Waals surface area contributed by atoms with Gasteiger partial charge in [0.25, 0.3) is 0 Å². The molecule has 0 amide bonds. The van der Waals surface area contributed by atoms with E-state index in [4.69, 9.17) is 18.9 Å². The minimum absolute atomic E-state index is 0.129. The fraction of sp³-hybridized carbons (Fsp3) is 0.566. The second-order valence-corrected chi connectivity index (χ2v) is 22.3. The third kappa shape index (κ3) is 65.8. The van der Waals surface area contributed by atoms with Gasteiger partial charge in [0.05, 0.1) is 40.3 Å². The molecule has 0 aliphatic carbocycles. The fourth-order valence-electron chi connectivity index (χ4n) is 8.18. The normalized spacial score (nSPS) is 13.9. The van der Waals surface area contributed by atoms with Crippen LogP contribution in [0.25, 0.3) is 0 Å². The fourth-order valence-corrected chi connectivity index (χ4v) is 8.18. The number of carbonyl (C=O) groups is 3. The number of nitrogens with zero attached hydrogens (tertiary/aromatic N) is 1. The third-order valence-corrected chi connectivity index (χ3v) is 13.1. The van der Waals surface area contributed by atoms with E-state index >= 15 is 0 Å². The maximum atomic E-state index is 12.9. The van der Waals surface area contributed by atoms with Crippen LogP contribution in [0.3, 0.4) is 0 Å². The van der Waals surface area contributed by atoms with E-state index in [-0.39, 0.29) is 38.6 Å². The third-order valence-electron chi connectivity index (χ3n) is 13.1. The van der Waals surface area contributed by atoms with Crippen molar-refractivity contribution in [1.29, 1.82) is 0 Å². The zero-order valence-electron chi connectivity index (χ0n) is 54.1. The summed E-state index contributed by atoms with van der Waals surface area (Å²) >= 11 is 0. The Morgan fingerprint density at radius 3 is 0.953 bits per heavy atom. The summed E-state index contributed by atoms with van der Waals surface area (Å²) < 4.78 is 22.7. The Balaban J connectivity index is 4.32. The lowest BCUT2D eigenvalue weighted by Crippen LogP contribution is -2.44. The van der Waals surface area contributed by atoms with Crippen LogP contribution in [0.5, 0.6) is 0 Å². The zero-order valence-corrected chi connectivity index (χ0v) is 54.1. The number of carboxylic acid groups (broad SMARTS) is 1. The number of unbranched alkanes of at least 4 members (excludes halogenated alkanes) is 13. The van der Waals surface area contributed by atoms with Crippen molar-refractivity contribution in [3.63, 3.8) is 0 Å². The van der Waals surface area contributed by atoms with Crippen LogP contribution in [0.15, 0.2) is 182 Å². The molecule has 0 heterocycles. The number of aliphatic carboxylic acids is 1. The van der Waals surface area contributed by atoms with E-state index in [0.717, 1.165) is 148 Å². The maximum Gasteiger partial charge on any atom is 0.306 e. The molecule has 0 aromatic carbocycles. The molecule has 0 spiro atoms. The molecule has 0 aliphatic rings. The van der Waals surface area contributed by atoms with Gasteiger partial charge in [-0.1, -0.05) is 254 Å². The molecule has 0 fully saturated rings. The molecule has 0 bridgehead atoms. The van der Waals surface area contributed by atoms with Gasteiger partial charge in [-0.25, -0.2) is 0 Å². The van der Waals surface area contributed by atoms with Crippen molar-refractivity contribution in [3.8, 4) is 0 Å². The van der Waals surface area contributed by atoms with Crippen molar-refractivity contribution in [2.45, 2.75) is 232 Å². The average molecular weight is 1170 g/mol. The summed E-state index contributed by atoms with van der Waals surface area (Å²) in [4.78, 5) is 37.4. The second kappa shape index (κ2) is 64.4. The van der Waals surface area contributed by atoms with Gasteiger partial charge >= 0.3 is 11.9 Å². The van der Waals surface area contributed by atoms with Crippen LogP contribution < -0.4 is 5.11 Å². The van der Waals surface area contributed by atoms with E-state index in [1.165, 1.54) is 38.5 Å². The van der Waals surface area contributed by atoms with Gasteiger partial charge in [0.15, 0.2) is 12.4 Å². The van der Waals surface area contributed by atoms with Gasteiger partial charge in [0, 0.05) is 12.8 Å². The average Bonchev–Trinajstić information content (AvgIpc) is 3.49. The molecular weight excluding hydrogens is 1050 g/mol. The van der Waals surface area contributed by atoms with Gasteiger partial charge in [0.1, 0.15) is 13.2 Å². The highest BCUT2D eigenvalue weighted by Gasteiger charge is 2.22. The Morgan fingerprint density at radius 2 is 0.635 bits per heavy atom. The monoisotopic (exact) mass is 1170 g/mol. The van der Waals surface area contributed by atoms with Crippen molar-refractivity contribution in [1.82, 2.24) is 0 Å². The lowest BCUT2D eigenvalue weighted by Gasteiger charge is -2.26. The molecule has 9 heteroatoms. The SMILES string of the molecule is CC/C=C\C/C=C\C/C=C\C/C=C\C/C=C\C/C=C\C/C=C\C/C=C\C/C=C\CCCCCC(=O)OC(COC(=O)CCCCCCCCCCCC/C=C\C/C=C\C/C=C\C/C=C\C/C=C\C/C=C\CC)COC(OCC[N+](C)(C)C)C(=O)[O-]. The molecule has 2 atom stereocenters. The Morgan fingerprint density at radius 1 is 0.353 bits per heavy atom. The number of esters is 2. The Kier molecular flexibility index (Phi) is 60.1. The van der Waals surface area contributed by atoms with Gasteiger partial charge in [-0.05, 0) is 135 Å². The summed E-state index contributed by atoms with van der Waals surface area (Å²) in [5, 5.41) is 11.8. The van der Waals surface area contributed by atoms with Gasteiger partial charge in [-0.2, -0.15) is 0 Å². The molecule has 9 nitrogen and oxygen atoms in total. The van der Waals surface area contributed by atoms with Crippen molar-refractivity contribution < 1.29 is 42.9 Å². The number of rotatable bonds is 58. The molecule has 0 saturated heterocycles. The predicted molar refractivity (Wildman–Crippen MR) is 361 cm³/mol. The standard InChI is InChI=1S/C76H119NO8/c1-6-8-10-12-14-16-18-20-22-24-26-28-30-32-34-36-37-39-41-43-45-47-49-51-53-55-57-59-61-63-65-67-74(79)85-72(71-84-76(75(80)81)82-69-68-77(3,4)5)70-83-73(78)66-64-62-60-58-56-54-52-50-48-46-44-42-40-38-35-33-31-29-27-25-23-21-19-17-15-13-11-9-7-2/h8-11,14-17,20-23,26-29,32-35,37,39-40,42-43,45,49,51,55,57,72,76H,6-7,12-13,18-19,24-25,30-31,36,38,41,44,46-48,50,52-54,56,58-71H2,1-5H3/b10-8-,11-9-,16-14-,17-15-,22-20-,23-21-,28-26-,29-27-,34-32-,35-33-,39-37-,42-40-,45-43-,51-49-,57-55-. The molecule has 476 valence electrons. The van der Waals surface area contributed by atoms with Crippen molar-refractivity contribution in [2.75, 3.05) is 47.5 Å². The molecule has 0 N–H and O–H groups in total. The highest BCUT2D eigenvalue weighted by atomic mass is 16.7. The highest BCUT2D eigenvalue weighted by Crippen LogP contribution is 2.14. The number of carbonyl (C=O) groups excluding carboxylic acids is 3. The summed E-state index contributed by atoms with van der Waals surface area (Å²) in [7, 11) is 5.90. The minimum atomic E-state index is -1.65. The summed E-state index contributed by atoms with van der Waals surface area (Å²) in [6.07, 6.45) is 95.2. The Bertz CT molecular complexity index is 2050. The summed E-state index contributed by atoms with van der Waals surface area (Å²) in [6.45, 7) is 4.45. The van der Waals surface area contributed by atoms with Crippen LogP contribution in [-0.2, 0) is 33.3 Å². The molecule has 0 saturated carbocycles. The van der Waals surface area contributed by atoms with Crippen molar-refractivity contribution in [2.24, 2.45) is 0 Å². The highest BCUT2D eigenvalue weighted by molar-refractivity contribution is 5.70. The lowest BCUT2D eigenvalue weighted by atomic mass is 10.1. The van der Waals surface area contributed by atoms with Crippen LogP contribution in [0.1, 0.15) is 219 Å². The number of quaternary nitrogens is 1. The van der Waals surface area contributed by atoms with Crippen LogP contribution in [-0.4, -0.2) is 82.3 Å². The zero-order chi connectivity index (χ0) is 61.9. The minimum Gasteiger partial charge on any atom is -0.545 e. The number of allylic oxidation sites excluding steroid dienone is 30. The van der Waals surface area contributed by atoms with Gasteiger partial charge < -0.3 is 33.3 Å². The van der Waals surface area contributed by atoms with Crippen molar-refractivity contribution >= 4 is 17.9 Å². The summed E-state index contributed by atoms with van der Waals surface area (Å²) in [5.41, 5.74) is 0. The van der Waals surface area contributed by atoms with E-state index < -0.39 is 24.3 Å². The number of ether oxygens (including phenoxy) is 4. The number of carboxylic acids is 1. The molecule has 0 aromatic heterocycles. The van der Waals surface area contributed by atoms with Crippen LogP contribution >= 0.6 is 0 Å². The second-order valence-electron chi connectivity index (χ2n) is 22.3. The molecular formula is C76H119NO8. The number of hydrogen-bond acceptors (Lipinski definition) is 8. The number of likely N-dealkylation sites (N-methyl/N-ethyl adjacent to an activating group) is 1. The van der Waals surface area contributed by atoms with Crippen LogP contribution in [0, 0.1) is 0 Å².